The SMILES string of the molecule is [CH2-]/C(CC)=N\N[C-]=O.[Re].[Rh]. The van der Waals surface area contributed by atoms with E-state index in [0.717, 1.165) is 6.42 Å². The molecule has 1 N–H and O–H groups in total. The van der Waals surface area contributed by atoms with Crippen LogP contribution in [0.1, 0.15) is 13.3 Å². The molecule has 0 unspecified atom stereocenters. The van der Waals surface area contributed by atoms with E-state index in [2.05, 4.69) is 12.0 Å². The van der Waals surface area contributed by atoms with Gasteiger partial charge in [-0.2, -0.15) is 0 Å². The predicted octanol–water partition coefficient (Wildman–Crippen LogP) is 0.238. The number of hydrogen-bond acceptors (Lipinski definition) is 2. The smallest absolute Gasteiger partial charge is 0 e. The summed E-state index contributed by atoms with van der Waals surface area (Å²) in [6.07, 6.45) is 2.15. The maximum Gasteiger partial charge on any atom is 0 e. The summed E-state index contributed by atoms with van der Waals surface area (Å²) in [6, 6.07) is 0. The molecule has 0 atom stereocenters. The van der Waals surface area contributed by atoms with Gasteiger partial charge in [-0.3, -0.25) is 0 Å². The van der Waals surface area contributed by atoms with Crippen molar-refractivity contribution >= 4 is 12.1 Å². The second-order valence-electron chi connectivity index (χ2n) is 1.25. The Labute approximate surface area is 87.4 Å². The van der Waals surface area contributed by atoms with E-state index in [1.54, 1.807) is 0 Å². The molecule has 0 bridgehead atoms. The van der Waals surface area contributed by atoms with Crippen LogP contribution in [0.4, 0.5) is 0 Å². The van der Waals surface area contributed by atoms with E-state index in [1.807, 2.05) is 12.3 Å². The fourth-order valence-electron chi connectivity index (χ4n) is 0.181. The van der Waals surface area contributed by atoms with Gasteiger partial charge in [-0.1, -0.05) is 6.92 Å². The van der Waals surface area contributed by atoms with E-state index in [4.69, 9.17) is 0 Å². The van der Waals surface area contributed by atoms with Crippen molar-refractivity contribution in [1.82, 2.24) is 5.43 Å². The molecule has 3 nitrogen and oxygen atoms in total. The van der Waals surface area contributed by atoms with Gasteiger partial charge in [-0.25, -0.2) is 5.10 Å². The van der Waals surface area contributed by atoms with Gasteiger partial charge >= 0.3 is 0 Å². The second-order valence-corrected chi connectivity index (χ2v) is 1.25. The van der Waals surface area contributed by atoms with Crippen molar-refractivity contribution < 1.29 is 44.7 Å². The molecule has 0 heterocycles. The van der Waals surface area contributed by atoms with Crippen molar-refractivity contribution in [3.63, 3.8) is 0 Å². The van der Waals surface area contributed by atoms with E-state index in [-0.39, 0.29) is 39.9 Å². The van der Waals surface area contributed by atoms with Crippen molar-refractivity contribution in [3.8, 4) is 0 Å². The van der Waals surface area contributed by atoms with Crippen LogP contribution in [-0.2, 0) is 44.7 Å². The first-order chi connectivity index (χ1) is 3.81. The first kappa shape index (κ1) is 16.7. The first-order valence-corrected chi connectivity index (χ1v) is 2.32. The quantitative estimate of drug-likeness (QED) is 0.238. The molecule has 1 amide bonds. The Hall–Kier alpha value is 0.296. The molecular weight excluding hydrogens is 393 g/mol. The van der Waals surface area contributed by atoms with Crippen molar-refractivity contribution in [2.75, 3.05) is 0 Å². The molecule has 2 radical (unpaired) electrons. The third kappa shape index (κ3) is 11.1. The number of hydrazone groups is 1. The number of nitrogens with one attached hydrogen (secondary N) is 1. The molecule has 0 rings (SSSR count). The first-order valence-electron chi connectivity index (χ1n) is 2.32. The molecule has 0 fully saturated rings. The van der Waals surface area contributed by atoms with Crippen molar-refractivity contribution in [2.24, 2.45) is 5.10 Å². The Morgan fingerprint density at radius 1 is 1.80 bits per heavy atom. The third-order valence-electron chi connectivity index (χ3n) is 0.668. The fourth-order valence-corrected chi connectivity index (χ4v) is 0.181. The van der Waals surface area contributed by atoms with E-state index >= 15 is 0 Å². The molecular formula is C5H8N2OReRh-2. The average Bonchev–Trinajstić information content (AvgIpc) is 1.83. The van der Waals surface area contributed by atoms with Crippen LogP contribution in [-0.4, -0.2) is 12.1 Å². The molecule has 0 aliphatic heterocycles. The molecule has 0 aliphatic rings. The van der Waals surface area contributed by atoms with Crippen LogP contribution in [0, 0.1) is 6.92 Å². The zero-order valence-corrected chi connectivity index (χ0v) is 9.84. The summed E-state index contributed by atoms with van der Waals surface area (Å²) in [5.74, 6) is 0. The number of nitrogens with zero attached hydrogens (tertiary/aromatic N) is 1. The van der Waals surface area contributed by atoms with Crippen LogP contribution in [0.3, 0.4) is 0 Å². The number of rotatable bonds is 3. The van der Waals surface area contributed by atoms with Crippen LogP contribution >= 0.6 is 0 Å². The minimum atomic E-state index is 0. The van der Waals surface area contributed by atoms with E-state index in [9.17, 15) is 4.79 Å². The maximum atomic E-state index is 9.45. The summed E-state index contributed by atoms with van der Waals surface area (Å²) >= 11 is 0. The van der Waals surface area contributed by atoms with Gasteiger partial charge in [0.25, 0.3) is 0 Å². The molecule has 62 valence electrons. The van der Waals surface area contributed by atoms with E-state index < -0.39 is 0 Å². The monoisotopic (exact) mass is 402 g/mol. The normalized spacial score (nSPS) is 8.70. The van der Waals surface area contributed by atoms with Crippen LogP contribution in [0.15, 0.2) is 5.10 Å². The maximum absolute atomic E-state index is 9.45. The van der Waals surface area contributed by atoms with Crippen LogP contribution < -0.4 is 5.43 Å². The molecule has 0 saturated heterocycles. The zero-order valence-electron chi connectivity index (χ0n) is 5.48. The average molecular weight is 401 g/mol. The van der Waals surface area contributed by atoms with Gasteiger partial charge in [0.1, 0.15) is 0 Å². The molecule has 0 saturated carbocycles. The third-order valence-corrected chi connectivity index (χ3v) is 0.668. The molecule has 0 aromatic heterocycles. The van der Waals surface area contributed by atoms with Gasteiger partial charge in [0, 0.05) is 39.9 Å². The van der Waals surface area contributed by atoms with Gasteiger partial charge in [0.15, 0.2) is 0 Å². The summed E-state index contributed by atoms with van der Waals surface area (Å²) in [5.41, 5.74) is 2.67. The van der Waals surface area contributed by atoms with Gasteiger partial charge < -0.3 is 17.1 Å². The van der Waals surface area contributed by atoms with Crippen molar-refractivity contribution in [2.45, 2.75) is 13.3 Å². The second kappa shape index (κ2) is 12.0. The predicted molar refractivity (Wildman–Crippen MR) is 31.9 cm³/mol. The summed E-state index contributed by atoms with van der Waals surface area (Å²) in [4.78, 5) is 9.45. The number of amides is 1. The standard InChI is InChI=1S/C5H8N2O.Re.Rh/c1-3-5(2)7-6-4-8;;/h2-3H2,1H3,(H,6,8);;/q-2;;/b7-5+;;. The summed E-state index contributed by atoms with van der Waals surface area (Å²) in [6.45, 7) is 5.40. The minimum Gasteiger partial charge on any atom is -0.518 e. The molecule has 0 spiro atoms. The van der Waals surface area contributed by atoms with Crippen molar-refractivity contribution in [3.05, 3.63) is 6.92 Å². The minimum absolute atomic E-state index is 0. The molecule has 0 aromatic carbocycles. The number of hydrogen-bond donors (Lipinski definition) is 1. The van der Waals surface area contributed by atoms with E-state index in [1.165, 1.54) is 6.41 Å². The summed E-state index contributed by atoms with van der Waals surface area (Å²) in [7, 11) is 0. The Morgan fingerprint density at radius 3 is 2.60 bits per heavy atom. The van der Waals surface area contributed by atoms with Crippen LogP contribution in [0.5, 0.6) is 0 Å². The van der Waals surface area contributed by atoms with Gasteiger partial charge in [-0.05, 0) is 6.42 Å². The van der Waals surface area contributed by atoms with E-state index in [0.29, 0.717) is 5.71 Å². The fraction of sp³-hybridized carbons (Fsp3) is 0.400. The van der Waals surface area contributed by atoms with Crippen LogP contribution in [0.25, 0.3) is 0 Å². The molecule has 0 aliphatic carbocycles. The number of carbonyl (C=O) groups excluding carboxylic acids is 1. The Bertz CT molecular complexity index is 108. The molecule has 5 heteroatoms. The Balaban J connectivity index is -0.000000245. The Kier molecular flexibility index (Phi) is 20.1. The van der Waals surface area contributed by atoms with Gasteiger partial charge in [0.2, 0.25) is 0 Å². The zero-order chi connectivity index (χ0) is 6.41. The van der Waals surface area contributed by atoms with Crippen molar-refractivity contribution in [1.29, 1.82) is 0 Å². The molecule has 10 heavy (non-hydrogen) atoms. The molecule has 0 aromatic rings. The van der Waals surface area contributed by atoms with Gasteiger partial charge in [0.05, 0.1) is 0 Å². The Morgan fingerprint density at radius 2 is 2.30 bits per heavy atom. The van der Waals surface area contributed by atoms with Gasteiger partial charge in [-0.15, -0.1) is 12.1 Å². The summed E-state index contributed by atoms with van der Waals surface area (Å²) in [5, 5.41) is 3.49. The topological polar surface area (TPSA) is 41.5 Å². The summed E-state index contributed by atoms with van der Waals surface area (Å²) < 4.78 is 0. The van der Waals surface area contributed by atoms with Crippen LogP contribution in [0.2, 0.25) is 0 Å². The largest absolute Gasteiger partial charge is 0.518 e.